The van der Waals surface area contributed by atoms with Gasteiger partial charge in [0.25, 0.3) is 0 Å². The SMILES string of the molecule is CC(C)OP(=O)(CC=O)OC(C)C. The highest BCUT2D eigenvalue weighted by Crippen LogP contribution is 2.49. The van der Waals surface area contributed by atoms with Crippen LogP contribution in [0.15, 0.2) is 0 Å². The number of carbonyl (C=O) groups is 1. The largest absolute Gasteiger partial charge is 0.338 e. The van der Waals surface area contributed by atoms with E-state index in [-0.39, 0.29) is 18.4 Å². The van der Waals surface area contributed by atoms with E-state index in [1.165, 1.54) is 0 Å². The fourth-order valence-electron chi connectivity index (χ4n) is 0.845. The van der Waals surface area contributed by atoms with Crippen LogP contribution in [0.5, 0.6) is 0 Å². The Hall–Kier alpha value is -0.180. The lowest BCUT2D eigenvalue weighted by Crippen LogP contribution is -2.10. The fraction of sp³-hybridized carbons (Fsp3) is 0.875. The summed E-state index contributed by atoms with van der Waals surface area (Å²) in [6, 6.07) is 0. The zero-order valence-corrected chi connectivity index (χ0v) is 9.41. The van der Waals surface area contributed by atoms with Gasteiger partial charge in [0.2, 0.25) is 0 Å². The molecule has 0 spiro atoms. The Morgan fingerprint density at radius 2 is 1.54 bits per heavy atom. The molecule has 0 aliphatic rings. The molecule has 0 aliphatic carbocycles. The van der Waals surface area contributed by atoms with Crippen molar-refractivity contribution in [2.75, 3.05) is 6.16 Å². The number of hydrogen-bond donors (Lipinski definition) is 0. The van der Waals surface area contributed by atoms with E-state index >= 15 is 0 Å². The highest BCUT2D eigenvalue weighted by molar-refractivity contribution is 7.54. The van der Waals surface area contributed by atoms with Gasteiger partial charge < -0.3 is 13.8 Å². The maximum absolute atomic E-state index is 11.8. The van der Waals surface area contributed by atoms with Gasteiger partial charge in [0, 0.05) is 0 Å². The molecule has 0 saturated heterocycles. The van der Waals surface area contributed by atoms with Crippen LogP contribution in [0.1, 0.15) is 27.7 Å². The van der Waals surface area contributed by atoms with Gasteiger partial charge in [0.1, 0.15) is 12.4 Å². The molecule has 78 valence electrons. The van der Waals surface area contributed by atoms with Gasteiger partial charge >= 0.3 is 7.60 Å². The number of carbonyl (C=O) groups excluding carboxylic acids is 1. The lowest BCUT2D eigenvalue weighted by atomic mass is 10.5. The summed E-state index contributed by atoms with van der Waals surface area (Å²) in [5.41, 5.74) is 0. The van der Waals surface area contributed by atoms with Gasteiger partial charge in [-0.2, -0.15) is 0 Å². The third-order valence-corrected chi connectivity index (χ3v) is 3.12. The predicted molar refractivity (Wildman–Crippen MR) is 51.0 cm³/mol. The molecule has 0 aromatic carbocycles. The number of rotatable bonds is 6. The zero-order chi connectivity index (χ0) is 10.5. The standard InChI is InChI=1S/C8H17O4P/c1-7(2)11-13(10,6-5-9)12-8(3)4/h5,7-8H,6H2,1-4H3. The van der Waals surface area contributed by atoms with E-state index in [4.69, 9.17) is 9.05 Å². The molecule has 0 amide bonds. The van der Waals surface area contributed by atoms with Crippen molar-refractivity contribution in [1.29, 1.82) is 0 Å². The average Bonchev–Trinajstić information content (AvgIpc) is 1.81. The van der Waals surface area contributed by atoms with Crippen LogP contribution in [0.3, 0.4) is 0 Å². The summed E-state index contributed by atoms with van der Waals surface area (Å²) in [5, 5.41) is 0. The van der Waals surface area contributed by atoms with Gasteiger partial charge in [-0.25, -0.2) is 0 Å². The summed E-state index contributed by atoms with van der Waals surface area (Å²) in [4.78, 5) is 10.3. The summed E-state index contributed by atoms with van der Waals surface area (Å²) in [6.45, 7) is 7.00. The van der Waals surface area contributed by atoms with Crippen LogP contribution < -0.4 is 0 Å². The molecule has 0 bridgehead atoms. The van der Waals surface area contributed by atoms with E-state index in [9.17, 15) is 9.36 Å². The number of hydrogen-bond acceptors (Lipinski definition) is 4. The molecule has 0 radical (unpaired) electrons. The molecule has 0 fully saturated rings. The van der Waals surface area contributed by atoms with E-state index in [1.54, 1.807) is 27.7 Å². The van der Waals surface area contributed by atoms with E-state index in [0.29, 0.717) is 6.29 Å². The van der Waals surface area contributed by atoms with E-state index in [0.717, 1.165) is 0 Å². The van der Waals surface area contributed by atoms with Crippen molar-refractivity contribution in [3.05, 3.63) is 0 Å². The van der Waals surface area contributed by atoms with E-state index in [1.807, 2.05) is 0 Å². The zero-order valence-electron chi connectivity index (χ0n) is 8.52. The molecule has 0 aromatic rings. The Morgan fingerprint density at radius 3 is 1.77 bits per heavy atom. The molecule has 0 rings (SSSR count). The first kappa shape index (κ1) is 12.8. The lowest BCUT2D eigenvalue weighted by Gasteiger charge is -2.20. The van der Waals surface area contributed by atoms with Gasteiger partial charge in [-0.1, -0.05) is 0 Å². The molecule has 0 unspecified atom stereocenters. The van der Waals surface area contributed by atoms with Gasteiger partial charge in [-0.3, -0.25) is 4.57 Å². The second kappa shape index (κ2) is 5.53. The summed E-state index contributed by atoms with van der Waals surface area (Å²) >= 11 is 0. The monoisotopic (exact) mass is 208 g/mol. The second-order valence-electron chi connectivity index (χ2n) is 3.27. The first-order valence-corrected chi connectivity index (χ1v) is 6.02. The van der Waals surface area contributed by atoms with Crippen LogP contribution in [-0.2, 0) is 18.4 Å². The Balaban J connectivity index is 4.33. The topological polar surface area (TPSA) is 52.6 Å². The first-order chi connectivity index (χ1) is 5.89. The van der Waals surface area contributed by atoms with Crippen molar-refractivity contribution in [2.24, 2.45) is 0 Å². The Kier molecular flexibility index (Phi) is 5.45. The molecule has 13 heavy (non-hydrogen) atoms. The average molecular weight is 208 g/mol. The van der Waals surface area contributed by atoms with Crippen LogP contribution in [0.4, 0.5) is 0 Å². The lowest BCUT2D eigenvalue weighted by molar-refractivity contribution is -0.106. The molecule has 0 aliphatic heterocycles. The van der Waals surface area contributed by atoms with E-state index in [2.05, 4.69) is 0 Å². The highest BCUT2D eigenvalue weighted by atomic mass is 31.2. The Bertz CT molecular complexity index is 186. The van der Waals surface area contributed by atoms with Gasteiger partial charge in [0.05, 0.1) is 12.2 Å². The maximum atomic E-state index is 11.8. The quantitative estimate of drug-likeness (QED) is 0.496. The van der Waals surface area contributed by atoms with Crippen molar-refractivity contribution in [3.63, 3.8) is 0 Å². The molecule has 0 heterocycles. The summed E-state index contributed by atoms with van der Waals surface area (Å²) < 4.78 is 21.9. The number of aldehydes is 1. The smallest absolute Gasteiger partial charge is 0.306 e. The minimum absolute atomic E-state index is 0.177. The summed E-state index contributed by atoms with van der Waals surface area (Å²) in [6.07, 6.45) is -0.0244. The van der Waals surface area contributed by atoms with E-state index < -0.39 is 7.60 Å². The molecule has 4 nitrogen and oxygen atoms in total. The van der Waals surface area contributed by atoms with Crippen molar-refractivity contribution < 1.29 is 18.4 Å². The molecule has 0 atom stereocenters. The summed E-state index contributed by atoms with van der Waals surface area (Å²) in [5.74, 6) is 0. The van der Waals surface area contributed by atoms with Gasteiger partial charge in [-0.05, 0) is 27.7 Å². The van der Waals surface area contributed by atoms with Crippen LogP contribution in [0.2, 0.25) is 0 Å². The highest BCUT2D eigenvalue weighted by Gasteiger charge is 2.26. The molecule has 0 aromatic heterocycles. The van der Waals surface area contributed by atoms with Crippen molar-refractivity contribution in [3.8, 4) is 0 Å². The second-order valence-corrected chi connectivity index (χ2v) is 5.28. The fourth-order valence-corrected chi connectivity index (χ4v) is 2.53. The van der Waals surface area contributed by atoms with Gasteiger partial charge in [-0.15, -0.1) is 0 Å². The van der Waals surface area contributed by atoms with Crippen LogP contribution in [0, 0.1) is 0 Å². The van der Waals surface area contributed by atoms with Crippen LogP contribution in [-0.4, -0.2) is 24.7 Å². The third kappa shape index (κ3) is 5.97. The molecule has 0 N–H and O–H groups in total. The summed E-state index contributed by atoms with van der Waals surface area (Å²) in [7, 11) is -3.20. The molecular formula is C8H17O4P. The maximum Gasteiger partial charge on any atom is 0.338 e. The Morgan fingerprint density at radius 1 is 1.15 bits per heavy atom. The molecule has 0 saturated carbocycles. The Labute approximate surface area is 79.1 Å². The molecular weight excluding hydrogens is 191 g/mol. The van der Waals surface area contributed by atoms with Crippen molar-refractivity contribution in [1.82, 2.24) is 0 Å². The molecule has 5 heteroatoms. The van der Waals surface area contributed by atoms with Crippen molar-refractivity contribution in [2.45, 2.75) is 39.9 Å². The minimum Gasteiger partial charge on any atom is -0.306 e. The van der Waals surface area contributed by atoms with Gasteiger partial charge in [0.15, 0.2) is 0 Å². The van der Waals surface area contributed by atoms with Crippen molar-refractivity contribution >= 4 is 13.9 Å². The minimum atomic E-state index is -3.20. The third-order valence-electron chi connectivity index (χ3n) is 1.04. The normalized spacial score (nSPS) is 12.5. The first-order valence-electron chi connectivity index (χ1n) is 4.29. The van der Waals surface area contributed by atoms with Crippen LogP contribution >= 0.6 is 7.60 Å². The predicted octanol–water partition coefficient (Wildman–Crippen LogP) is 2.23. The van der Waals surface area contributed by atoms with Crippen LogP contribution in [0.25, 0.3) is 0 Å².